The Morgan fingerprint density at radius 3 is 2.74 bits per heavy atom. The Kier molecular flexibility index (Phi) is 7.67. The Morgan fingerprint density at radius 2 is 2.22 bits per heavy atom. The van der Waals surface area contributed by atoms with E-state index in [1.165, 1.54) is 18.9 Å². The number of rotatable bonds is 8. The topological polar surface area (TPSA) is 82.3 Å². The molecular formula is C16H19BrN2O3S. The highest BCUT2D eigenvalue weighted by atomic mass is 79.9. The third-order valence-corrected chi connectivity index (χ3v) is 4.13. The maximum absolute atomic E-state index is 12.2. The summed E-state index contributed by atoms with van der Waals surface area (Å²) >= 11 is 4.76. The van der Waals surface area contributed by atoms with Crippen molar-refractivity contribution in [3.8, 4) is 0 Å². The van der Waals surface area contributed by atoms with Crippen molar-refractivity contribution >= 4 is 39.4 Å². The van der Waals surface area contributed by atoms with Gasteiger partial charge in [0.05, 0.1) is 18.3 Å². The highest BCUT2D eigenvalue weighted by molar-refractivity contribution is 9.10. The van der Waals surface area contributed by atoms with Gasteiger partial charge < -0.3 is 10.5 Å². The molecule has 0 aliphatic carbocycles. The molecule has 0 radical (unpaired) electrons. The minimum atomic E-state index is -1.17. The lowest BCUT2D eigenvalue weighted by Crippen LogP contribution is -2.41. The normalized spacial score (nSPS) is 14.0. The van der Waals surface area contributed by atoms with Crippen molar-refractivity contribution in [2.24, 2.45) is 5.73 Å². The number of aromatic nitrogens is 1. The predicted octanol–water partition coefficient (Wildman–Crippen LogP) is 2.95. The number of carbonyl (C=O) groups excluding carboxylic acids is 2. The molecule has 124 valence electrons. The van der Waals surface area contributed by atoms with Gasteiger partial charge >= 0.3 is 5.97 Å². The predicted molar refractivity (Wildman–Crippen MR) is 95.9 cm³/mol. The molecule has 23 heavy (non-hydrogen) atoms. The molecule has 0 saturated heterocycles. The van der Waals surface area contributed by atoms with E-state index < -0.39 is 11.5 Å². The Balaban J connectivity index is 3.26. The largest absolute Gasteiger partial charge is 0.469 e. The van der Waals surface area contributed by atoms with Crippen LogP contribution in [0.5, 0.6) is 0 Å². The van der Waals surface area contributed by atoms with Crippen molar-refractivity contribution in [1.82, 2.24) is 4.98 Å². The summed E-state index contributed by atoms with van der Waals surface area (Å²) in [6.07, 6.45) is 3.08. The summed E-state index contributed by atoms with van der Waals surface area (Å²) in [5, 5.41) is 1.82. The molecule has 1 rings (SSSR count). The molecule has 0 aliphatic heterocycles. The number of esters is 1. The lowest BCUT2D eigenvalue weighted by Gasteiger charge is -2.30. The summed E-state index contributed by atoms with van der Waals surface area (Å²) in [5.74, 6) is -0.913. The summed E-state index contributed by atoms with van der Waals surface area (Å²) in [6.45, 7) is 3.77. The molecule has 1 heterocycles. The molecule has 1 atom stereocenters. The highest BCUT2D eigenvalue weighted by Crippen LogP contribution is 2.32. The minimum Gasteiger partial charge on any atom is -0.469 e. The first-order valence-electron chi connectivity index (χ1n) is 6.73. The number of carbonyl (C=O) groups is 2. The first-order chi connectivity index (χ1) is 10.9. The van der Waals surface area contributed by atoms with Crippen LogP contribution in [0.3, 0.4) is 0 Å². The van der Waals surface area contributed by atoms with Crippen molar-refractivity contribution in [2.45, 2.75) is 18.4 Å². The number of halogens is 1. The number of thioether (sulfide) groups is 1. The Labute approximate surface area is 148 Å². The highest BCUT2D eigenvalue weighted by Gasteiger charge is 2.35. The molecule has 1 unspecified atom stereocenters. The average Bonchev–Trinajstić information content (AvgIpc) is 2.52. The summed E-state index contributed by atoms with van der Waals surface area (Å²) in [6, 6.07) is 5.30. The SMILES string of the molecule is C=C/C(=C\SC)C(N)(CC(=O)CC(=O)OC)c1cccc(Br)n1. The van der Waals surface area contributed by atoms with Crippen LogP contribution in [0.4, 0.5) is 0 Å². The quantitative estimate of drug-likeness (QED) is 0.313. The Hall–Kier alpha value is -1.44. The number of ether oxygens (including phenoxy) is 1. The number of hydrogen-bond donors (Lipinski definition) is 1. The fourth-order valence-electron chi connectivity index (χ4n) is 2.07. The molecule has 0 aromatic carbocycles. The summed E-state index contributed by atoms with van der Waals surface area (Å²) in [5.41, 5.74) is 6.55. The van der Waals surface area contributed by atoms with E-state index in [1.54, 1.807) is 24.3 Å². The van der Waals surface area contributed by atoms with Crippen LogP contribution in [0.1, 0.15) is 18.5 Å². The maximum atomic E-state index is 12.2. The molecule has 2 N–H and O–H groups in total. The van der Waals surface area contributed by atoms with E-state index in [-0.39, 0.29) is 18.6 Å². The van der Waals surface area contributed by atoms with Crippen LogP contribution in [0.2, 0.25) is 0 Å². The van der Waals surface area contributed by atoms with Crippen molar-refractivity contribution in [1.29, 1.82) is 0 Å². The molecule has 7 heteroatoms. The lowest BCUT2D eigenvalue weighted by atomic mass is 9.82. The van der Waals surface area contributed by atoms with E-state index >= 15 is 0 Å². The van der Waals surface area contributed by atoms with Crippen molar-refractivity contribution in [3.63, 3.8) is 0 Å². The minimum absolute atomic E-state index is 0.0794. The van der Waals surface area contributed by atoms with Crippen LogP contribution >= 0.6 is 27.7 Å². The molecular weight excluding hydrogens is 380 g/mol. The first-order valence-corrected chi connectivity index (χ1v) is 8.81. The van der Waals surface area contributed by atoms with Gasteiger partial charge in [-0.1, -0.05) is 18.7 Å². The first kappa shape index (κ1) is 19.6. The maximum Gasteiger partial charge on any atom is 0.313 e. The average molecular weight is 399 g/mol. The summed E-state index contributed by atoms with van der Waals surface area (Å²) in [7, 11) is 1.24. The van der Waals surface area contributed by atoms with Crippen molar-refractivity contribution in [3.05, 3.63) is 52.1 Å². The third kappa shape index (κ3) is 5.30. The van der Waals surface area contributed by atoms with E-state index in [2.05, 4.69) is 32.2 Å². The van der Waals surface area contributed by atoms with Crippen LogP contribution < -0.4 is 5.73 Å². The second-order valence-corrected chi connectivity index (χ2v) is 6.32. The molecule has 1 aromatic rings. The summed E-state index contributed by atoms with van der Waals surface area (Å²) < 4.78 is 5.14. The zero-order valence-corrected chi connectivity index (χ0v) is 15.4. The van der Waals surface area contributed by atoms with Crippen molar-refractivity contribution in [2.75, 3.05) is 13.4 Å². The van der Waals surface area contributed by atoms with E-state index in [0.29, 0.717) is 15.9 Å². The summed E-state index contributed by atoms with van der Waals surface area (Å²) in [4.78, 5) is 27.9. The third-order valence-electron chi connectivity index (χ3n) is 3.20. The molecule has 5 nitrogen and oxygen atoms in total. The molecule has 0 aliphatic rings. The Morgan fingerprint density at radius 1 is 1.52 bits per heavy atom. The van der Waals surface area contributed by atoms with Crippen molar-refractivity contribution < 1.29 is 14.3 Å². The molecule has 1 aromatic heterocycles. The number of hydrogen-bond acceptors (Lipinski definition) is 6. The van der Waals surface area contributed by atoms with E-state index in [9.17, 15) is 9.59 Å². The van der Waals surface area contributed by atoms with Crippen LogP contribution in [-0.2, 0) is 19.9 Å². The number of methoxy groups -OCH3 is 1. The lowest BCUT2D eigenvalue weighted by molar-refractivity contribution is -0.143. The number of ketones is 1. The van der Waals surface area contributed by atoms with Gasteiger partial charge in [-0.25, -0.2) is 4.98 Å². The van der Waals surface area contributed by atoms with Gasteiger partial charge in [0.15, 0.2) is 0 Å². The van der Waals surface area contributed by atoms with Gasteiger partial charge in [-0.15, -0.1) is 11.8 Å². The van der Waals surface area contributed by atoms with Gasteiger partial charge in [-0.05, 0) is 45.3 Å². The second kappa shape index (κ2) is 9.00. The molecule has 0 bridgehead atoms. The van der Waals surface area contributed by atoms with Gasteiger partial charge in [0.1, 0.15) is 16.8 Å². The molecule has 0 spiro atoms. The zero-order valence-electron chi connectivity index (χ0n) is 13.0. The van der Waals surface area contributed by atoms with Gasteiger partial charge in [-0.3, -0.25) is 9.59 Å². The van der Waals surface area contributed by atoms with E-state index in [0.717, 1.165) is 0 Å². The van der Waals surface area contributed by atoms with Crippen LogP contribution in [0, 0.1) is 0 Å². The van der Waals surface area contributed by atoms with Crippen LogP contribution in [0.15, 0.2) is 46.4 Å². The van der Waals surface area contributed by atoms with Gasteiger partial charge in [0.2, 0.25) is 0 Å². The smallest absolute Gasteiger partial charge is 0.313 e. The second-order valence-electron chi connectivity index (χ2n) is 4.80. The van der Waals surface area contributed by atoms with Gasteiger partial charge in [0.25, 0.3) is 0 Å². The fraction of sp³-hybridized carbons (Fsp3) is 0.312. The van der Waals surface area contributed by atoms with E-state index in [1.807, 2.05) is 11.7 Å². The Bertz CT molecular complexity index is 634. The molecule has 0 fully saturated rings. The van der Waals surface area contributed by atoms with Crippen LogP contribution in [0.25, 0.3) is 0 Å². The number of nitrogens with zero attached hydrogens (tertiary/aromatic N) is 1. The monoisotopic (exact) mass is 398 g/mol. The number of pyridine rings is 1. The molecule has 0 saturated carbocycles. The number of nitrogens with two attached hydrogens (primary N) is 1. The number of Topliss-reactive ketones (excluding diaryl/α,β-unsaturated/α-hetero) is 1. The van der Waals surface area contributed by atoms with Gasteiger partial charge in [-0.2, -0.15) is 0 Å². The fourth-order valence-corrected chi connectivity index (χ4v) is 2.97. The zero-order chi connectivity index (χ0) is 17.5. The van der Waals surface area contributed by atoms with Crippen LogP contribution in [-0.4, -0.2) is 30.1 Å². The van der Waals surface area contributed by atoms with Gasteiger partial charge in [0, 0.05) is 6.42 Å². The molecule has 0 amide bonds. The standard InChI is InChI=1S/C16H19BrN2O3S/c1-4-11(10-23-3)16(18,9-12(20)8-15(21)22-2)13-6-5-7-14(17)19-13/h4-7,10H,1,8-9,18H2,2-3H3/b11-10+. The van der Waals surface area contributed by atoms with E-state index in [4.69, 9.17) is 5.73 Å².